The molecule has 68 valence electrons. The van der Waals surface area contributed by atoms with Gasteiger partial charge in [0.1, 0.15) is 6.29 Å². The molecule has 0 unspecified atom stereocenters. The summed E-state index contributed by atoms with van der Waals surface area (Å²) in [5, 5.41) is 2.57. The molecule has 1 saturated heterocycles. The number of nitrogens with zero attached hydrogens (tertiary/aromatic N) is 1. The molecule has 0 aromatic rings. The van der Waals surface area contributed by atoms with Gasteiger partial charge in [-0.05, 0) is 12.8 Å². The summed E-state index contributed by atoms with van der Waals surface area (Å²) < 4.78 is 0. The van der Waals surface area contributed by atoms with Gasteiger partial charge in [0.2, 0.25) is 0 Å². The highest BCUT2D eigenvalue weighted by Gasteiger charge is 2.20. The molecule has 0 spiro atoms. The zero-order valence-corrected chi connectivity index (χ0v) is 7.25. The highest BCUT2D eigenvalue weighted by atomic mass is 16.2. The van der Waals surface area contributed by atoms with Crippen molar-refractivity contribution >= 4 is 12.3 Å². The van der Waals surface area contributed by atoms with E-state index >= 15 is 0 Å². The second-order valence-electron chi connectivity index (χ2n) is 3.02. The van der Waals surface area contributed by atoms with Gasteiger partial charge in [0, 0.05) is 26.1 Å². The molecule has 0 bridgehead atoms. The van der Waals surface area contributed by atoms with Crippen molar-refractivity contribution in [2.75, 3.05) is 20.1 Å². The van der Waals surface area contributed by atoms with Crippen LogP contribution in [0.5, 0.6) is 0 Å². The van der Waals surface area contributed by atoms with E-state index in [-0.39, 0.29) is 11.9 Å². The molecule has 1 aliphatic heterocycles. The van der Waals surface area contributed by atoms with Gasteiger partial charge in [0.05, 0.1) is 0 Å². The van der Waals surface area contributed by atoms with E-state index in [1.165, 1.54) is 0 Å². The number of hydrogen-bond donors (Lipinski definition) is 1. The van der Waals surface area contributed by atoms with Crippen LogP contribution in [0.3, 0.4) is 0 Å². The van der Waals surface area contributed by atoms with Crippen LogP contribution in [0.4, 0.5) is 4.79 Å². The van der Waals surface area contributed by atoms with Gasteiger partial charge in [-0.25, -0.2) is 4.79 Å². The Hall–Kier alpha value is -1.06. The minimum absolute atomic E-state index is 0.0423. The number of rotatable bonds is 1. The van der Waals surface area contributed by atoms with E-state index in [0.717, 1.165) is 19.1 Å². The van der Waals surface area contributed by atoms with Gasteiger partial charge < -0.3 is 15.0 Å². The molecule has 1 N–H and O–H groups in total. The minimum Gasteiger partial charge on any atom is -0.341 e. The summed E-state index contributed by atoms with van der Waals surface area (Å²) in [5.41, 5.74) is 0. The van der Waals surface area contributed by atoms with E-state index in [4.69, 9.17) is 0 Å². The first-order valence-electron chi connectivity index (χ1n) is 4.20. The molecule has 1 heterocycles. The van der Waals surface area contributed by atoms with Gasteiger partial charge >= 0.3 is 6.03 Å². The monoisotopic (exact) mass is 170 g/mol. The first kappa shape index (κ1) is 9.03. The van der Waals surface area contributed by atoms with E-state index in [2.05, 4.69) is 5.32 Å². The molecule has 1 aliphatic rings. The number of carbonyl (C=O) groups is 2. The van der Waals surface area contributed by atoms with Gasteiger partial charge in [0.25, 0.3) is 0 Å². The standard InChI is InChI=1S/C8H14N2O2/c1-9-8(12)10-4-2-7(6-11)3-5-10/h6-7H,2-5H2,1H3,(H,9,12). The summed E-state index contributed by atoms with van der Waals surface area (Å²) >= 11 is 0. The topological polar surface area (TPSA) is 49.4 Å². The number of hydrogen-bond acceptors (Lipinski definition) is 2. The lowest BCUT2D eigenvalue weighted by Crippen LogP contribution is -2.43. The Morgan fingerprint density at radius 3 is 2.50 bits per heavy atom. The van der Waals surface area contributed by atoms with Crippen LogP contribution < -0.4 is 5.32 Å². The lowest BCUT2D eigenvalue weighted by atomic mass is 9.99. The summed E-state index contributed by atoms with van der Waals surface area (Å²) in [7, 11) is 1.62. The maximum absolute atomic E-state index is 11.1. The lowest BCUT2D eigenvalue weighted by Gasteiger charge is -2.29. The second kappa shape index (κ2) is 4.09. The van der Waals surface area contributed by atoms with Gasteiger partial charge in [-0.1, -0.05) is 0 Å². The summed E-state index contributed by atoms with van der Waals surface area (Å²) in [6, 6.07) is -0.0423. The van der Waals surface area contributed by atoms with Gasteiger partial charge in [-0.2, -0.15) is 0 Å². The molecule has 2 amide bonds. The molecule has 0 aromatic heterocycles. The Bertz CT molecular complexity index is 174. The Labute approximate surface area is 71.9 Å². The zero-order valence-electron chi connectivity index (χ0n) is 7.25. The summed E-state index contributed by atoms with van der Waals surface area (Å²) in [5.74, 6) is 0.158. The third kappa shape index (κ3) is 1.96. The van der Waals surface area contributed by atoms with Gasteiger partial charge in [-0.15, -0.1) is 0 Å². The number of nitrogens with one attached hydrogen (secondary N) is 1. The van der Waals surface area contributed by atoms with Crippen molar-refractivity contribution in [2.45, 2.75) is 12.8 Å². The van der Waals surface area contributed by atoms with Crippen LogP contribution in [0.2, 0.25) is 0 Å². The Kier molecular flexibility index (Phi) is 3.08. The Balaban J connectivity index is 2.35. The van der Waals surface area contributed by atoms with Crippen LogP contribution in [0, 0.1) is 5.92 Å². The van der Waals surface area contributed by atoms with E-state index in [1.807, 2.05) is 0 Å². The van der Waals surface area contributed by atoms with Crippen molar-refractivity contribution < 1.29 is 9.59 Å². The maximum Gasteiger partial charge on any atom is 0.317 e. The van der Waals surface area contributed by atoms with Gasteiger partial charge in [-0.3, -0.25) is 0 Å². The first-order valence-corrected chi connectivity index (χ1v) is 4.20. The van der Waals surface area contributed by atoms with Crippen LogP contribution in [0.25, 0.3) is 0 Å². The summed E-state index contributed by atoms with van der Waals surface area (Å²) in [6.45, 7) is 1.40. The van der Waals surface area contributed by atoms with Crippen LogP contribution in [0.15, 0.2) is 0 Å². The van der Waals surface area contributed by atoms with Crippen molar-refractivity contribution in [3.05, 3.63) is 0 Å². The number of amides is 2. The van der Waals surface area contributed by atoms with Crippen LogP contribution in [0.1, 0.15) is 12.8 Å². The van der Waals surface area contributed by atoms with Crippen molar-refractivity contribution in [3.63, 3.8) is 0 Å². The smallest absolute Gasteiger partial charge is 0.317 e. The maximum atomic E-state index is 11.1. The van der Waals surface area contributed by atoms with Crippen LogP contribution >= 0.6 is 0 Å². The molecule has 0 aliphatic carbocycles. The number of aldehydes is 1. The average Bonchev–Trinajstić information content (AvgIpc) is 2.17. The molecule has 12 heavy (non-hydrogen) atoms. The molecule has 1 fully saturated rings. The number of likely N-dealkylation sites (tertiary alicyclic amines) is 1. The van der Waals surface area contributed by atoms with Crippen molar-refractivity contribution in [3.8, 4) is 0 Å². The minimum atomic E-state index is -0.0423. The average molecular weight is 170 g/mol. The Morgan fingerprint density at radius 2 is 2.08 bits per heavy atom. The summed E-state index contributed by atoms with van der Waals surface area (Å²) in [4.78, 5) is 23.2. The zero-order chi connectivity index (χ0) is 8.97. The third-order valence-corrected chi connectivity index (χ3v) is 2.23. The van der Waals surface area contributed by atoms with Crippen molar-refractivity contribution in [1.82, 2.24) is 10.2 Å². The quantitative estimate of drug-likeness (QED) is 0.573. The molecule has 0 atom stereocenters. The SMILES string of the molecule is CNC(=O)N1CCC(C=O)CC1. The molecule has 4 heteroatoms. The highest BCUT2D eigenvalue weighted by Crippen LogP contribution is 2.14. The second-order valence-corrected chi connectivity index (χ2v) is 3.02. The predicted octanol–water partition coefficient (Wildman–Crippen LogP) is 0.237. The van der Waals surface area contributed by atoms with E-state index < -0.39 is 0 Å². The number of urea groups is 1. The molecule has 4 nitrogen and oxygen atoms in total. The normalized spacial score (nSPS) is 18.9. The van der Waals surface area contributed by atoms with Crippen LogP contribution in [-0.4, -0.2) is 37.4 Å². The Morgan fingerprint density at radius 1 is 1.50 bits per heavy atom. The predicted molar refractivity (Wildman–Crippen MR) is 44.8 cm³/mol. The lowest BCUT2D eigenvalue weighted by molar-refractivity contribution is -0.112. The van der Waals surface area contributed by atoms with Gasteiger partial charge in [0.15, 0.2) is 0 Å². The fourth-order valence-electron chi connectivity index (χ4n) is 1.40. The number of carbonyl (C=O) groups excluding carboxylic acids is 2. The van der Waals surface area contributed by atoms with E-state index in [0.29, 0.717) is 13.1 Å². The van der Waals surface area contributed by atoms with Crippen molar-refractivity contribution in [2.24, 2.45) is 5.92 Å². The molecule has 0 radical (unpaired) electrons. The molecular formula is C8H14N2O2. The molecule has 1 rings (SSSR count). The highest BCUT2D eigenvalue weighted by molar-refractivity contribution is 5.74. The number of piperidine rings is 1. The van der Waals surface area contributed by atoms with E-state index in [1.54, 1.807) is 11.9 Å². The first-order chi connectivity index (χ1) is 5.77. The van der Waals surface area contributed by atoms with Crippen LogP contribution in [-0.2, 0) is 4.79 Å². The molecule has 0 saturated carbocycles. The summed E-state index contributed by atoms with van der Waals surface area (Å²) in [6.07, 6.45) is 2.59. The fraction of sp³-hybridized carbons (Fsp3) is 0.750. The fourth-order valence-corrected chi connectivity index (χ4v) is 1.40. The van der Waals surface area contributed by atoms with Crippen molar-refractivity contribution in [1.29, 1.82) is 0 Å². The van der Waals surface area contributed by atoms with E-state index in [9.17, 15) is 9.59 Å². The molecule has 0 aromatic carbocycles. The largest absolute Gasteiger partial charge is 0.341 e. The molecular weight excluding hydrogens is 156 g/mol. The third-order valence-electron chi connectivity index (χ3n) is 2.23.